The number of epoxide rings is 1. The van der Waals surface area contributed by atoms with E-state index in [2.05, 4.69) is 15.3 Å². The molecule has 4 atom stereocenters. The Balaban J connectivity index is 1.31. The summed E-state index contributed by atoms with van der Waals surface area (Å²) in [6.07, 6.45) is 6.02. The Morgan fingerprint density at radius 1 is 1.04 bits per heavy atom. The molecule has 2 aliphatic heterocycles. The number of ether oxygens (including phenoxy) is 1. The average molecular weight is 627 g/mol. The van der Waals surface area contributed by atoms with Crippen LogP contribution in [0.25, 0.3) is 10.8 Å². The largest absolute Gasteiger partial charge is 0.361 e. The molecule has 0 saturated carbocycles. The van der Waals surface area contributed by atoms with Gasteiger partial charge in [0.25, 0.3) is 0 Å². The van der Waals surface area contributed by atoms with Gasteiger partial charge in [-0.05, 0) is 54.9 Å². The van der Waals surface area contributed by atoms with Gasteiger partial charge in [-0.15, -0.1) is 0 Å². The molecule has 10 nitrogen and oxygen atoms in total. The van der Waals surface area contributed by atoms with Gasteiger partial charge >= 0.3 is 0 Å². The number of nitrogens with one attached hydrogen (secondary N) is 1. The molecule has 2 aromatic carbocycles. The fraction of sp³-hybridized carbons (Fsp3) is 0.472. The van der Waals surface area contributed by atoms with Crippen molar-refractivity contribution in [3.63, 3.8) is 0 Å². The highest BCUT2D eigenvalue weighted by atomic mass is 16.6. The van der Waals surface area contributed by atoms with Crippen LogP contribution < -0.4 is 5.32 Å². The number of nitrogens with zero attached hydrogens (tertiary/aromatic N) is 3. The lowest BCUT2D eigenvalue weighted by Gasteiger charge is -2.27. The van der Waals surface area contributed by atoms with Gasteiger partial charge in [-0.25, -0.2) is 4.98 Å². The molecule has 0 radical (unpaired) electrons. The number of hydrogen-bond donors (Lipinski definition) is 1. The van der Waals surface area contributed by atoms with Gasteiger partial charge in [0, 0.05) is 44.1 Å². The molecule has 0 aliphatic carbocycles. The van der Waals surface area contributed by atoms with Crippen molar-refractivity contribution in [2.45, 2.75) is 83.4 Å². The summed E-state index contributed by atoms with van der Waals surface area (Å²) in [5.74, 6) is -1.88. The van der Waals surface area contributed by atoms with E-state index in [-0.39, 0.29) is 60.0 Å². The SMILES string of the molecule is CC(C)C[C@H](NC(=O)[C@@H](CC(=O)[C@@H]1CCCN1C(=O)CCC(=O)c1cnccn1)Cc1ccc2ccccc2c1)C(=O)[C@@]1(C)CO1. The molecule has 0 unspecified atom stereocenters. The zero-order valence-corrected chi connectivity index (χ0v) is 26.7. The molecule has 10 heteroatoms. The van der Waals surface area contributed by atoms with E-state index in [0.717, 1.165) is 16.3 Å². The minimum atomic E-state index is -0.893. The van der Waals surface area contributed by atoms with E-state index in [1.165, 1.54) is 18.6 Å². The zero-order chi connectivity index (χ0) is 32.8. The summed E-state index contributed by atoms with van der Waals surface area (Å²) in [7, 11) is 0. The minimum Gasteiger partial charge on any atom is -0.361 e. The van der Waals surface area contributed by atoms with Crippen LogP contribution in [0.15, 0.2) is 61.1 Å². The number of carbonyl (C=O) groups excluding carboxylic acids is 5. The highest BCUT2D eigenvalue weighted by molar-refractivity contribution is 5.99. The first-order valence-corrected chi connectivity index (χ1v) is 16.1. The van der Waals surface area contributed by atoms with E-state index < -0.39 is 23.6 Å². The molecular formula is C36H42N4O6. The van der Waals surface area contributed by atoms with Gasteiger partial charge in [-0.2, -0.15) is 0 Å². The molecule has 5 rings (SSSR count). The van der Waals surface area contributed by atoms with Crippen LogP contribution in [-0.2, 0) is 30.3 Å². The van der Waals surface area contributed by atoms with Gasteiger partial charge in [-0.1, -0.05) is 56.3 Å². The number of ketones is 3. The molecule has 2 saturated heterocycles. The number of likely N-dealkylation sites (tertiary alicyclic amines) is 1. The van der Waals surface area contributed by atoms with Crippen molar-refractivity contribution >= 4 is 39.9 Å². The fourth-order valence-corrected chi connectivity index (χ4v) is 6.23. The maximum Gasteiger partial charge on any atom is 0.224 e. The second-order valence-corrected chi connectivity index (χ2v) is 13.1. The molecule has 1 N–H and O–H groups in total. The number of Topliss-reactive ketones (excluding diaryl/α,β-unsaturated/α-hetero) is 3. The van der Waals surface area contributed by atoms with Crippen molar-refractivity contribution in [3.05, 3.63) is 72.3 Å². The van der Waals surface area contributed by atoms with Crippen LogP contribution in [0.4, 0.5) is 0 Å². The Labute approximate surface area is 269 Å². The maximum absolute atomic E-state index is 13.9. The molecule has 3 heterocycles. The topological polar surface area (TPSA) is 139 Å². The van der Waals surface area contributed by atoms with Crippen molar-refractivity contribution in [3.8, 4) is 0 Å². The number of fused-ring (bicyclic) bond motifs is 1. The first kappa shape index (κ1) is 33.1. The van der Waals surface area contributed by atoms with Gasteiger partial charge in [0.15, 0.2) is 17.3 Å². The highest BCUT2D eigenvalue weighted by Gasteiger charge is 2.50. The molecular weight excluding hydrogens is 584 g/mol. The van der Waals surface area contributed by atoms with E-state index in [1.807, 2.05) is 56.3 Å². The second-order valence-electron chi connectivity index (χ2n) is 13.1. The number of aromatic nitrogens is 2. The summed E-state index contributed by atoms with van der Waals surface area (Å²) in [6.45, 7) is 6.46. The van der Waals surface area contributed by atoms with Crippen LogP contribution in [0.5, 0.6) is 0 Å². The smallest absolute Gasteiger partial charge is 0.224 e. The molecule has 2 aliphatic rings. The summed E-state index contributed by atoms with van der Waals surface area (Å²) in [5, 5.41) is 5.08. The summed E-state index contributed by atoms with van der Waals surface area (Å²) in [4.78, 5) is 76.3. The average Bonchev–Trinajstić information content (AvgIpc) is 3.60. The van der Waals surface area contributed by atoms with Crippen LogP contribution in [0.3, 0.4) is 0 Å². The van der Waals surface area contributed by atoms with E-state index in [9.17, 15) is 24.0 Å². The summed E-state index contributed by atoms with van der Waals surface area (Å²) in [6, 6.07) is 12.5. The fourth-order valence-electron chi connectivity index (χ4n) is 6.23. The Bertz CT molecular complexity index is 1600. The molecule has 2 fully saturated rings. The quantitative estimate of drug-likeness (QED) is 0.195. The summed E-state index contributed by atoms with van der Waals surface area (Å²) < 4.78 is 5.40. The third-order valence-corrected chi connectivity index (χ3v) is 8.91. The second kappa shape index (κ2) is 14.4. The predicted molar refractivity (Wildman–Crippen MR) is 172 cm³/mol. The zero-order valence-electron chi connectivity index (χ0n) is 26.7. The number of amides is 2. The normalized spacial score (nSPS) is 20.3. The molecule has 0 spiro atoms. The predicted octanol–water partition coefficient (Wildman–Crippen LogP) is 4.29. The van der Waals surface area contributed by atoms with Gasteiger partial charge < -0.3 is 15.0 Å². The monoisotopic (exact) mass is 626 g/mol. The molecule has 0 bridgehead atoms. The molecule has 3 aromatic rings. The molecule has 46 heavy (non-hydrogen) atoms. The number of hydrogen-bond acceptors (Lipinski definition) is 8. The van der Waals surface area contributed by atoms with Crippen LogP contribution in [0, 0.1) is 11.8 Å². The first-order valence-electron chi connectivity index (χ1n) is 16.1. The number of carbonyl (C=O) groups is 5. The van der Waals surface area contributed by atoms with Gasteiger partial charge in [-0.3, -0.25) is 29.0 Å². The van der Waals surface area contributed by atoms with Crippen molar-refractivity contribution in [1.29, 1.82) is 0 Å². The summed E-state index contributed by atoms with van der Waals surface area (Å²) in [5.41, 5.74) is 0.205. The van der Waals surface area contributed by atoms with Crippen LogP contribution in [0.2, 0.25) is 0 Å². The lowest BCUT2D eigenvalue weighted by atomic mass is 9.88. The Morgan fingerprint density at radius 2 is 1.80 bits per heavy atom. The molecule has 242 valence electrons. The van der Waals surface area contributed by atoms with Crippen molar-refractivity contribution < 1.29 is 28.7 Å². The van der Waals surface area contributed by atoms with E-state index in [0.29, 0.717) is 38.8 Å². The lowest BCUT2D eigenvalue weighted by molar-refractivity contribution is -0.139. The highest BCUT2D eigenvalue weighted by Crippen LogP contribution is 2.30. The third-order valence-electron chi connectivity index (χ3n) is 8.91. The summed E-state index contributed by atoms with van der Waals surface area (Å²) >= 11 is 0. The third kappa shape index (κ3) is 8.09. The maximum atomic E-state index is 13.9. The van der Waals surface area contributed by atoms with Crippen molar-refractivity contribution in [2.75, 3.05) is 13.2 Å². The van der Waals surface area contributed by atoms with Crippen molar-refractivity contribution in [2.24, 2.45) is 11.8 Å². The molecule has 1 aromatic heterocycles. The minimum absolute atomic E-state index is 0.0319. The van der Waals surface area contributed by atoms with E-state index >= 15 is 0 Å². The van der Waals surface area contributed by atoms with Gasteiger partial charge in [0.2, 0.25) is 11.8 Å². The Morgan fingerprint density at radius 3 is 2.50 bits per heavy atom. The van der Waals surface area contributed by atoms with Crippen molar-refractivity contribution in [1.82, 2.24) is 20.2 Å². The van der Waals surface area contributed by atoms with Crippen LogP contribution in [0.1, 0.15) is 75.3 Å². The lowest BCUT2D eigenvalue weighted by Crippen LogP contribution is -2.49. The van der Waals surface area contributed by atoms with E-state index in [4.69, 9.17) is 4.74 Å². The number of rotatable bonds is 15. The van der Waals surface area contributed by atoms with E-state index in [1.54, 1.807) is 11.8 Å². The van der Waals surface area contributed by atoms with Gasteiger partial charge in [0.1, 0.15) is 11.3 Å². The molecule has 2 amide bonds. The Hall–Kier alpha value is -4.31. The number of benzene rings is 2. The standard InChI is InChI=1S/C36H42N4O6/c1-23(2)17-28(34(44)36(3)22-46-36)39-35(45)27(19-24-10-11-25-7-4-5-8-26(25)18-24)20-32(42)30-9-6-16-40(30)33(43)13-12-31(41)29-21-37-14-15-38-29/h4-5,7-8,10-11,14-15,18,21,23,27-28,30H,6,9,12-13,16-17,19-20,22H2,1-3H3,(H,39,45)/t27-,28+,30+,36-/m1/s1. The van der Waals surface area contributed by atoms with Crippen LogP contribution >= 0.6 is 0 Å². The Kier molecular flexibility index (Phi) is 10.4. The first-order chi connectivity index (χ1) is 22.0. The van der Waals surface area contributed by atoms with Gasteiger partial charge in [0.05, 0.1) is 24.9 Å². The van der Waals surface area contributed by atoms with Crippen LogP contribution in [-0.4, -0.2) is 74.9 Å².